The van der Waals surface area contributed by atoms with Gasteiger partial charge in [-0.3, -0.25) is 4.79 Å². The van der Waals surface area contributed by atoms with Crippen molar-refractivity contribution in [2.75, 3.05) is 16.8 Å². The molecule has 0 atom stereocenters. The first-order valence-corrected chi connectivity index (χ1v) is 6.88. The molecular formula is C13H13FN4OS. The number of hydrogen-bond donors (Lipinski definition) is 2. The largest absolute Gasteiger partial charge is 0.396 e. The highest BCUT2D eigenvalue weighted by Gasteiger charge is 2.05. The highest BCUT2D eigenvalue weighted by Crippen LogP contribution is 2.17. The van der Waals surface area contributed by atoms with Crippen LogP contribution in [-0.2, 0) is 4.79 Å². The third kappa shape index (κ3) is 4.20. The summed E-state index contributed by atoms with van der Waals surface area (Å²) in [5.41, 5.74) is 5.92. The molecule has 0 saturated heterocycles. The van der Waals surface area contributed by atoms with Gasteiger partial charge in [0.25, 0.3) is 0 Å². The summed E-state index contributed by atoms with van der Waals surface area (Å²) in [7, 11) is 0. The summed E-state index contributed by atoms with van der Waals surface area (Å²) in [6.07, 6.45) is 3.60. The van der Waals surface area contributed by atoms with Crippen molar-refractivity contribution in [1.82, 2.24) is 9.97 Å². The molecule has 1 heterocycles. The van der Waals surface area contributed by atoms with E-state index in [-0.39, 0.29) is 11.6 Å². The van der Waals surface area contributed by atoms with Gasteiger partial charge in [0.15, 0.2) is 5.16 Å². The molecule has 0 bridgehead atoms. The number of amides is 1. The fourth-order valence-corrected chi connectivity index (χ4v) is 2.18. The molecule has 0 spiro atoms. The maximum atomic E-state index is 13.0. The van der Waals surface area contributed by atoms with E-state index in [4.69, 9.17) is 5.73 Å². The van der Waals surface area contributed by atoms with Crippen LogP contribution in [0.15, 0.2) is 41.8 Å². The normalized spacial score (nSPS) is 10.2. The van der Waals surface area contributed by atoms with Crippen molar-refractivity contribution in [3.63, 3.8) is 0 Å². The number of nitrogen functional groups attached to an aromatic ring is 1. The number of thioether (sulfide) groups is 1. The fraction of sp³-hybridized carbons (Fsp3) is 0.154. The van der Waals surface area contributed by atoms with Crippen molar-refractivity contribution < 1.29 is 9.18 Å². The molecular weight excluding hydrogens is 279 g/mol. The first-order chi connectivity index (χ1) is 9.65. The zero-order valence-corrected chi connectivity index (χ0v) is 11.4. The van der Waals surface area contributed by atoms with Crippen molar-refractivity contribution in [3.05, 3.63) is 42.5 Å². The van der Waals surface area contributed by atoms with Gasteiger partial charge in [-0.2, -0.15) is 0 Å². The molecule has 0 fully saturated rings. The Morgan fingerprint density at radius 2 is 2.10 bits per heavy atom. The first kappa shape index (κ1) is 14.3. The van der Waals surface area contributed by atoms with Gasteiger partial charge in [0, 0.05) is 30.3 Å². The minimum Gasteiger partial charge on any atom is -0.396 e. The maximum Gasteiger partial charge on any atom is 0.225 e. The molecule has 0 radical (unpaired) electrons. The van der Waals surface area contributed by atoms with Crippen molar-refractivity contribution in [1.29, 1.82) is 0 Å². The van der Waals surface area contributed by atoms with E-state index < -0.39 is 5.82 Å². The topological polar surface area (TPSA) is 80.9 Å². The molecule has 3 N–H and O–H groups in total. The number of carbonyl (C=O) groups is 1. The molecule has 7 heteroatoms. The Kier molecular flexibility index (Phi) is 4.89. The van der Waals surface area contributed by atoms with Gasteiger partial charge in [0.1, 0.15) is 5.82 Å². The van der Waals surface area contributed by atoms with Gasteiger partial charge in [0.05, 0.1) is 5.69 Å². The zero-order chi connectivity index (χ0) is 14.4. The van der Waals surface area contributed by atoms with E-state index in [1.54, 1.807) is 18.5 Å². The van der Waals surface area contributed by atoms with Gasteiger partial charge >= 0.3 is 0 Å². The van der Waals surface area contributed by atoms with Crippen molar-refractivity contribution >= 4 is 29.0 Å². The predicted octanol–water partition coefficient (Wildman–Crippen LogP) is 2.32. The second-order valence-corrected chi connectivity index (χ2v) is 4.98. The number of aromatic nitrogens is 2. The van der Waals surface area contributed by atoms with E-state index in [2.05, 4.69) is 15.3 Å². The van der Waals surface area contributed by atoms with Crippen LogP contribution in [0.4, 0.5) is 15.8 Å². The average Bonchev–Trinajstić information content (AvgIpc) is 2.44. The molecule has 0 aliphatic carbocycles. The summed E-state index contributed by atoms with van der Waals surface area (Å²) >= 11 is 1.40. The number of rotatable bonds is 5. The van der Waals surface area contributed by atoms with Gasteiger partial charge in [-0.15, -0.1) is 0 Å². The Balaban J connectivity index is 1.79. The summed E-state index contributed by atoms with van der Waals surface area (Å²) < 4.78 is 13.0. The molecule has 5 nitrogen and oxygen atoms in total. The van der Waals surface area contributed by atoms with Crippen LogP contribution in [0, 0.1) is 5.82 Å². The van der Waals surface area contributed by atoms with Crippen LogP contribution in [0.3, 0.4) is 0 Å². The van der Waals surface area contributed by atoms with E-state index in [1.807, 2.05) is 0 Å². The van der Waals surface area contributed by atoms with E-state index in [0.29, 0.717) is 23.0 Å². The third-order valence-electron chi connectivity index (χ3n) is 2.38. The van der Waals surface area contributed by atoms with Gasteiger partial charge in [-0.1, -0.05) is 11.8 Å². The first-order valence-electron chi connectivity index (χ1n) is 5.90. The number of anilines is 2. The van der Waals surface area contributed by atoms with Gasteiger partial charge in [-0.25, -0.2) is 14.4 Å². The Labute approximate surface area is 119 Å². The molecule has 2 aromatic rings. The second-order valence-electron chi connectivity index (χ2n) is 3.91. The highest BCUT2D eigenvalue weighted by atomic mass is 32.2. The summed E-state index contributed by atoms with van der Waals surface area (Å²) in [6.45, 7) is 0. The smallest absolute Gasteiger partial charge is 0.225 e. The minimum atomic E-state index is -0.500. The minimum absolute atomic E-state index is 0.00913. The SMILES string of the molecule is Nc1cc(NC(=O)CCSc2ncccn2)ccc1F. The van der Waals surface area contributed by atoms with Crippen LogP contribution in [0.1, 0.15) is 6.42 Å². The number of nitrogens with two attached hydrogens (primary N) is 1. The third-order valence-corrected chi connectivity index (χ3v) is 3.26. The molecule has 0 aliphatic heterocycles. The van der Waals surface area contributed by atoms with E-state index in [0.717, 1.165) is 0 Å². The number of halogens is 1. The quantitative estimate of drug-likeness (QED) is 0.502. The monoisotopic (exact) mass is 292 g/mol. The van der Waals surface area contributed by atoms with Crippen LogP contribution in [0.2, 0.25) is 0 Å². The molecule has 1 aromatic carbocycles. The van der Waals surface area contributed by atoms with Gasteiger partial charge in [0.2, 0.25) is 5.91 Å². The molecule has 1 aromatic heterocycles. The summed E-state index contributed by atoms with van der Waals surface area (Å²) in [5, 5.41) is 3.29. The number of benzene rings is 1. The molecule has 20 heavy (non-hydrogen) atoms. The maximum absolute atomic E-state index is 13.0. The molecule has 0 unspecified atom stereocenters. The number of nitrogens with one attached hydrogen (secondary N) is 1. The summed E-state index contributed by atoms with van der Waals surface area (Å²) in [5.74, 6) is -0.105. The van der Waals surface area contributed by atoms with Crippen LogP contribution in [0.25, 0.3) is 0 Å². The molecule has 1 amide bonds. The van der Waals surface area contributed by atoms with Crippen LogP contribution in [0.5, 0.6) is 0 Å². The Bertz CT molecular complexity index is 594. The van der Waals surface area contributed by atoms with Crippen molar-refractivity contribution in [3.8, 4) is 0 Å². The Hall–Kier alpha value is -2.15. The average molecular weight is 292 g/mol. The van der Waals surface area contributed by atoms with Crippen LogP contribution >= 0.6 is 11.8 Å². The van der Waals surface area contributed by atoms with Crippen molar-refractivity contribution in [2.24, 2.45) is 0 Å². The van der Waals surface area contributed by atoms with E-state index in [9.17, 15) is 9.18 Å². The Morgan fingerprint density at radius 1 is 1.35 bits per heavy atom. The highest BCUT2D eigenvalue weighted by molar-refractivity contribution is 7.99. The summed E-state index contributed by atoms with van der Waals surface area (Å²) in [6, 6.07) is 5.81. The lowest BCUT2D eigenvalue weighted by atomic mass is 10.2. The molecule has 2 rings (SSSR count). The standard InChI is InChI=1S/C13H13FN4OS/c14-10-3-2-9(8-11(10)15)18-12(19)4-7-20-13-16-5-1-6-17-13/h1-3,5-6,8H,4,7,15H2,(H,18,19). The fourth-order valence-electron chi connectivity index (χ4n) is 1.44. The molecule has 0 saturated carbocycles. The van der Waals surface area contributed by atoms with E-state index in [1.165, 1.54) is 30.0 Å². The van der Waals surface area contributed by atoms with Gasteiger partial charge in [-0.05, 0) is 24.3 Å². The number of hydrogen-bond acceptors (Lipinski definition) is 5. The van der Waals surface area contributed by atoms with Crippen LogP contribution < -0.4 is 11.1 Å². The zero-order valence-electron chi connectivity index (χ0n) is 10.5. The molecule has 104 valence electrons. The number of nitrogens with zero attached hydrogens (tertiary/aromatic N) is 2. The lowest BCUT2D eigenvalue weighted by Gasteiger charge is -2.06. The molecule has 0 aliphatic rings. The number of carbonyl (C=O) groups excluding carboxylic acids is 1. The van der Waals surface area contributed by atoms with Crippen LogP contribution in [-0.4, -0.2) is 21.6 Å². The second kappa shape index (κ2) is 6.85. The van der Waals surface area contributed by atoms with E-state index >= 15 is 0 Å². The lowest BCUT2D eigenvalue weighted by Crippen LogP contribution is -2.12. The Morgan fingerprint density at radius 3 is 2.80 bits per heavy atom. The lowest BCUT2D eigenvalue weighted by molar-refractivity contribution is -0.115. The summed E-state index contributed by atoms with van der Waals surface area (Å²) in [4.78, 5) is 19.8. The van der Waals surface area contributed by atoms with Gasteiger partial charge < -0.3 is 11.1 Å². The predicted molar refractivity (Wildman–Crippen MR) is 76.8 cm³/mol. The van der Waals surface area contributed by atoms with Crippen molar-refractivity contribution in [2.45, 2.75) is 11.6 Å².